The van der Waals surface area contributed by atoms with Crippen molar-refractivity contribution in [2.45, 2.75) is 39.7 Å². The zero-order valence-electron chi connectivity index (χ0n) is 22.6. The second-order valence-electron chi connectivity index (χ2n) is 9.78. The molecule has 0 N–H and O–H groups in total. The molecular formula is C33H29FO6. The lowest BCUT2D eigenvalue weighted by Crippen LogP contribution is -2.12. The van der Waals surface area contributed by atoms with Crippen LogP contribution in [0.1, 0.15) is 44.4 Å². The maximum Gasteiger partial charge on any atom is 0.338 e. The molecule has 0 radical (unpaired) electrons. The molecule has 4 rings (SSSR count). The quantitative estimate of drug-likeness (QED) is 0.170. The van der Waals surface area contributed by atoms with E-state index in [1.807, 2.05) is 18.2 Å². The van der Waals surface area contributed by atoms with Gasteiger partial charge in [-0.25, -0.2) is 18.8 Å². The molecule has 0 heterocycles. The molecule has 0 fully saturated rings. The number of fused-ring (bicyclic) bond motifs is 1. The van der Waals surface area contributed by atoms with Gasteiger partial charge < -0.3 is 14.2 Å². The van der Waals surface area contributed by atoms with Crippen LogP contribution in [-0.2, 0) is 25.5 Å². The fourth-order valence-electron chi connectivity index (χ4n) is 4.36. The van der Waals surface area contributed by atoms with E-state index in [9.17, 15) is 14.4 Å². The molecule has 7 heteroatoms. The molecule has 1 unspecified atom stereocenters. The Morgan fingerprint density at radius 1 is 0.750 bits per heavy atom. The second-order valence-corrected chi connectivity index (χ2v) is 9.78. The third kappa shape index (κ3) is 5.94. The van der Waals surface area contributed by atoms with Crippen LogP contribution >= 0.6 is 0 Å². The second kappa shape index (κ2) is 11.5. The lowest BCUT2D eigenvalue weighted by atomic mass is 9.94. The molecule has 0 saturated heterocycles. The smallest absolute Gasteiger partial charge is 0.338 e. The Hall–Kier alpha value is -4.78. The number of hydrogen-bond acceptors (Lipinski definition) is 6. The first-order valence-corrected chi connectivity index (χ1v) is 12.6. The number of esters is 3. The lowest BCUT2D eigenvalue weighted by Gasteiger charge is -2.15. The van der Waals surface area contributed by atoms with Crippen molar-refractivity contribution >= 4 is 17.9 Å². The Balaban J connectivity index is 1.67. The first-order valence-electron chi connectivity index (χ1n) is 12.6. The van der Waals surface area contributed by atoms with Gasteiger partial charge >= 0.3 is 17.9 Å². The zero-order valence-corrected chi connectivity index (χ0v) is 22.6. The Morgan fingerprint density at radius 2 is 1.35 bits per heavy atom. The third-order valence-electron chi connectivity index (χ3n) is 6.45. The van der Waals surface area contributed by atoms with Crippen molar-refractivity contribution in [3.8, 4) is 33.8 Å². The molecule has 1 aliphatic carbocycles. The Labute approximate surface area is 232 Å². The molecule has 0 aromatic heterocycles. The predicted octanol–water partition coefficient (Wildman–Crippen LogP) is 7.23. The van der Waals surface area contributed by atoms with E-state index >= 15 is 4.39 Å². The fourth-order valence-corrected chi connectivity index (χ4v) is 4.36. The van der Waals surface area contributed by atoms with Gasteiger partial charge in [-0.05, 0) is 79.6 Å². The highest BCUT2D eigenvalue weighted by molar-refractivity contribution is 5.91. The molecule has 40 heavy (non-hydrogen) atoms. The first-order chi connectivity index (χ1) is 19.0. The molecule has 204 valence electrons. The maximum absolute atomic E-state index is 15.6. The molecule has 0 saturated carbocycles. The summed E-state index contributed by atoms with van der Waals surface area (Å²) in [6.07, 6.45) is 0.848. The van der Waals surface area contributed by atoms with Gasteiger partial charge in [0.1, 0.15) is 11.9 Å². The average Bonchev–Trinajstić information content (AvgIpc) is 3.32. The van der Waals surface area contributed by atoms with Crippen LogP contribution in [0.5, 0.6) is 11.5 Å². The number of halogens is 1. The molecule has 1 aliphatic rings. The molecule has 0 bridgehead atoms. The number of carbonyl (C=O) groups excluding carboxylic acids is 3. The van der Waals surface area contributed by atoms with Crippen molar-refractivity contribution in [2.75, 3.05) is 0 Å². The maximum atomic E-state index is 15.6. The summed E-state index contributed by atoms with van der Waals surface area (Å²) < 4.78 is 31.9. The summed E-state index contributed by atoms with van der Waals surface area (Å²) in [4.78, 5) is 36.4. The molecule has 0 amide bonds. The topological polar surface area (TPSA) is 78.9 Å². The summed E-state index contributed by atoms with van der Waals surface area (Å²) in [7, 11) is 0. The highest BCUT2D eigenvalue weighted by Crippen LogP contribution is 2.41. The van der Waals surface area contributed by atoms with Crippen molar-refractivity contribution in [2.24, 2.45) is 0 Å². The van der Waals surface area contributed by atoms with Crippen molar-refractivity contribution in [3.05, 3.63) is 108 Å². The largest absolute Gasteiger partial charge is 0.454 e. The SMILES string of the molecule is C=C(C)C(=O)Oc1ccc(-c2ccc(-c3cccc4c3CCC4OC(=O)C(=C)C)c(F)c2)cc1OC(=O)C(=C)C. The van der Waals surface area contributed by atoms with Crippen LogP contribution in [0, 0.1) is 5.82 Å². The van der Waals surface area contributed by atoms with Crippen LogP contribution in [0.2, 0.25) is 0 Å². The summed E-state index contributed by atoms with van der Waals surface area (Å²) >= 11 is 0. The number of carbonyl (C=O) groups is 3. The Kier molecular flexibility index (Phi) is 8.14. The van der Waals surface area contributed by atoms with Crippen molar-refractivity contribution in [1.29, 1.82) is 0 Å². The monoisotopic (exact) mass is 540 g/mol. The van der Waals surface area contributed by atoms with E-state index < -0.39 is 29.8 Å². The summed E-state index contributed by atoms with van der Waals surface area (Å²) in [6.45, 7) is 15.4. The van der Waals surface area contributed by atoms with Crippen LogP contribution in [0.25, 0.3) is 22.3 Å². The van der Waals surface area contributed by atoms with E-state index in [4.69, 9.17) is 14.2 Å². The van der Waals surface area contributed by atoms with Crippen molar-refractivity contribution < 1.29 is 33.0 Å². The minimum absolute atomic E-state index is 0.0131. The van der Waals surface area contributed by atoms with E-state index in [0.717, 1.165) is 16.7 Å². The molecule has 3 aromatic carbocycles. The normalized spacial score (nSPS) is 13.7. The third-order valence-corrected chi connectivity index (χ3v) is 6.45. The van der Waals surface area contributed by atoms with Gasteiger partial charge in [-0.15, -0.1) is 0 Å². The highest BCUT2D eigenvalue weighted by atomic mass is 19.1. The van der Waals surface area contributed by atoms with E-state index in [2.05, 4.69) is 19.7 Å². The van der Waals surface area contributed by atoms with Crippen LogP contribution < -0.4 is 9.47 Å². The molecule has 6 nitrogen and oxygen atoms in total. The number of hydrogen-bond donors (Lipinski definition) is 0. The molecule has 1 atom stereocenters. The predicted molar refractivity (Wildman–Crippen MR) is 150 cm³/mol. The molecule has 0 aliphatic heterocycles. The van der Waals surface area contributed by atoms with Crippen LogP contribution in [-0.4, -0.2) is 17.9 Å². The Morgan fingerprint density at radius 3 is 1.98 bits per heavy atom. The van der Waals surface area contributed by atoms with Gasteiger partial charge in [-0.3, -0.25) is 0 Å². The van der Waals surface area contributed by atoms with Gasteiger partial charge in [0.25, 0.3) is 0 Å². The minimum atomic E-state index is -0.698. The van der Waals surface area contributed by atoms with Gasteiger partial charge in [-0.2, -0.15) is 0 Å². The Bertz CT molecular complexity index is 1580. The van der Waals surface area contributed by atoms with Crippen LogP contribution in [0.3, 0.4) is 0 Å². The van der Waals surface area contributed by atoms with Gasteiger partial charge in [0.15, 0.2) is 11.5 Å². The van der Waals surface area contributed by atoms with Crippen LogP contribution in [0.4, 0.5) is 4.39 Å². The number of ether oxygens (including phenoxy) is 3. The molecule has 0 spiro atoms. The summed E-state index contributed by atoms with van der Waals surface area (Å²) in [5.74, 6) is -2.27. The minimum Gasteiger partial charge on any atom is -0.454 e. The lowest BCUT2D eigenvalue weighted by molar-refractivity contribution is -0.144. The van der Waals surface area contributed by atoms with E-state index in [1.165, 1.54) is 32.0 Å². The van der Waals surface area contributed by atoms with Crippen LogP contribution in [0.15, 0.2) is 91.1 Å². The summed E-state index contributed by atoms with van der Waals surface area (Å²) in [5.41, 5.74) is 4.65. The van der Waals surface area contributed by atoms with Gasteiger partial charge in [-0.1, -0.05) is 56.1 Å². The van der Waals surface area contributed by atoms with Crippen molar-refractivity contribution in [1.82, 2.24) is 0 Å². The standard InChI is InChI=1S/C33H29FO6/c1-18(2)31(35)38-28-15-13-24-23(8-7-9-26(24)28)25-12-10-21(16-27(25)34)22-11-14-29(39-32(36)19(3)4)30(17-22)40-33(37)20(5)6/h7-12,14,16-17,28H,1,3,5,13,15H2,2,4,6H3. The summed E-state index contributed by atoms with van der Waals surface area (Å²) in [5, 5.41) is 0. The van der Waals surface area contributed by atoms with E-state index in [0.29, 0.717) is 35.1 Å². The van der Waals surface area contributed by atoms with Gasteiger partial charge in [0, 0.05) is 22.3 Å². The highest BCUT2D eigenvalue weighted by Gasteiger charge is 2.29. The number of rotatable bonds is 8. The summed E-state index contributed by atoms with van der Waals surface area (Å²) in [6, 6.07) is 15.0. The fraction of sp³-hybridized carbons (Fsp3) is 0.182. The number of benzene rings is 3. The van der Waals surface area contributed by atoms with E-state index in [-0.39, 0.29) is 22.6 Å². The van der Waals surface area contributed by atoms with Gasteiger partial charge in [0.2, 0.25) is 0 Å². The first kappa shape index (κ1) is 28.2. The molecule has 3 aromatic rings. The van der Waals surface area contributed by atoms with Crippen molar-refractivity contribution in [3.63, 3.8) is 0 Å². The molecular weight excluding hydrogens is 511 g/mol. The van der Waals surface area contributed by atoms with E-state index in [1.54, 1.807) is 25.1 Å². The van der Waals surface area contributed by atoms with Gasteiger partial charge in [0.05, 0.1) is 0 Å². The zero-order chi connectivity index (χ0) is 29.1. The average molecular weight is 541 g/mol.